The average Bonchev–Trinajstić information content (AvgIpc) is 3.15. The van der Waals surface area contributed by atoms with Gasteiger partial charge in [-0.05, 0) is 49.7 Å². The Morgan fingerprint density at radius 2 is 1.61 bits per heavy atom. The summed E-state index contributed by atoms with van der Waals surface area (Å²) in [6.07, 6.45) is 2.02. The Kier molecular flexibility index (Phi) is 5.00. The summed E-state index contributed by atoms with van der Waals surface area (Å²) in [5, 5.41) is 4.25. The average molecular weight is 379 g/mol. The van der Waals surface area contributed by atoms with Gasteiger partial charge >= 0.3 is 6.09 Å². The van der Waals surface area contributed by atoms with Crippen LogP contribution in [0.1, 0.15) is 47.2 Å². The third-order valence-electron chi connectivity index (χ3n) is 4.01. The van der Waals surface area contributed by atoms with Crippen molar-refractivity contribution in [2.45, 2.75) is 26.4 Å². The number of hydrogen-bond donors (Lipinski definition) is 1. The fraction of sp³-hybridized carbons (Fsp3) is 0.238. The molecule has 0 unspecified atom stereocenters. The predicted molar refractivity (Wildman–Crippen MR) is 105 cm³/mol. The molecule has 0 aliphatic rings. The Hall–Kier alpha value is -3.48. The smallest absolute Gasteiger partial charge is 0.419 e. The first-order chi connectivity index (χ1) is 13.2. The van der Waals surface area contributed by atoms with Gasteiger partial charge in [0.05, 0.1) is 0 Å². The first-order valence-electron chi connectivity index (χ1n) is 8.76. The van der Waals surface area contributed by atoms with E-state index in [1.165, 1.54) is 12.5 Å². The Bertz CT molecular complexity index is 1080. The molecular formula is C21H21N3O4. The minimum absolute atomic E-state index is 0.146. The third-order valence-corrected chi connectivity index (χ3v) is 4.01. The molecule has 0 saturated carbocycles. The van der Waals surface area contributed by atoms with E-state index in [9.17, 15) is 14.4 Å². The maximum Gasteiger partial charge on any atom is 0.419 e. The summed E-state index contributed by atoms with van der Waals surface area (Å²) in [5.41, 5.74) is 0.490. The number of carbonyl (C=O) groups is 3. The quantitative estimate of drug-likeness (QED) is 0.704. The molecule has 1 heterocycles. The molecule has 0 atom stereocenters. The largest absolute Gasteiger partial charge is 0.443 e. The van der Waals surface area contributed by atoms with Crippen LogP contribution in [-0.2, 0) is 4.74 Å². The molecule has 2 aromatic carbocycles. The van der Waals surface area contributed by atoms with Gasteiger partial charge in [0, 0.05) is 24.4 Å². The van der Waals surface area contributed by atoms with Gasteiger partial charge in [-0.15, -0.1) is 0 Å². The summed E-state index contributed by atoms with van der Waals surface area (Å²) in [6, 6.07) is 10.4. The molecule has 0 radical (unpaired) electrons. The van der Waals surface area contributed by atoms with Gasteiger partial charge in [0.1, 0.15) is 17.6 Å². The SMILES string of the molecule is CNC(=O)c1ccc2cc(C(=O)c3cn(C(=O)OC(C)(C)C)cn3)ccc2c1. The van der Waals surface area contributed by atoms with Crippen LogP contribution < -0.4 is 5.32 Å². The van der Waals surface area contributed by atoms with Gasteiger partial charge in [0.25, 0.3) is 5.91 Å². The lowest BCUT2D eigenvalue weighted by molar-refractivity contribution is 0.0536. The fourth-order valence-corrected chi connectivity index (χ4v) is 2.67. The molecular weight excluding hydrogens is 358 g/mol. The van der Waals surface area contributed by atoms with E-state index in [0.717, 1.165) is 15.3 Å². The van der Waals surface area contributed by atoms with Crippen molar-refractivity contribution in [2.75, 3.05) is 7.05 Å². The summed E-state index contributed by atoms with van der Waals surface area (Å²) >= 11 is 0. The zero-order valence-electron chi connectivity index (χ0n) is 16.1. The van der Waals surface area contributed by atoms with Crippen LogP contribution in [0.25, 0.3) is 10.8 Å². The second-order valence-electron chi connectivity index (χ2n) is 7.33. The number of nitrogens with one attached hydrogen (secondary N) is 1. The Labute approximate surface area is 162 Å². The zero-order valence-corrected chi connectivity index (χ0v) is 16.1. The third kappa shape index (κ3) is 4.09. The molecule has 7 nitrogen and oxygen atoms in total. The highest BCUT2D eigenvalue weighted by Gasteiger charge is 2.20. The lowest BCUT2D eigenvalue weighted by Crippen LogP contribution is -2.26. The van der Waals surface area contributed by atoms with Crippen molar-refractivity contribution in [1.29, 1.82) is 0 Å². The number of fused-ring (bicyclic) bond motifs is 1. The van der Waals surface area contributed by atoms with Crippen LogP contribution in [0.3, 0.4) is 0 Å². The van der Waals surface area contributed by atoms with Crippen molar-refractivity contribution in [3.8, 4) is 0 Å². The van der Waals surface area contributed by atoms with Crippen LogP contribution in [0.2, 0.25) is 0 Å². The monoisotopic (exact) mass is 379 g/mol. The van der Waals surface area contributed by atoms with Gasteiger partial charge in [0.15, 0.2) is 0 Å². The van der Waals surface area contributed by atoms with Crippen molar-refractivity contribution in [1.82, 2.24) is 14.9 Å². The second-order valence-corrected chi connectivity index (χ2v) is 7.33. The van der Waals surface area contributed by atoms with E-state index in [-0.39, 0.29) is 17.4 Å². The highest BCUT2D eigenvalue weighted by atomic mass is 16.6. The lowest BCUT2D eigenvalue weighted by Gasteiger charge is -2.18. The van der Waals surface area contributed by atoms with Crippen molar-refractivity contribution in [3.63, 3.8) is 0 Å². The standard InChI is InChI=1S/C21H21N3O4/c1-21(2,3)28-20(27)24-11-17(23-12-24)18(25)15-7-5-14-10-16(19(26)22-4)8-6-13(14)9-15/h5-12H,1-4H3,(H,22,26). The number of ketones is 1. The minimum Gasteiger partial charge on any atom is -0.443 e. The Balaban J connectivity index is 1.85. The van der Waals surface area contributed by atoms with Crippen LogP contribution >= 0.6 is 0 Å². The maximum absolute atomic E-state index is 12.7. The predicted octanol–water partition coefficient (Wildman–Crippen LogP) is 3.41. The van der Waals surface area contributed by atoms with E-state index in [1.807, 2.05) is 0 Å². The number of ether oxygens (including phenoxy) is 1. The lowest BCUT2D eigenvalue weighted by atomic mass is 10.0. The van der Waals surface area contributed by atoms with E-state index in [2.05, 4.69) is 10.3 Å². The van der Waals surface area contributed by atoms with Gasteiger partial charge in [-0.1, -0.05) is 18.2 Å². The van der Waals surface area contributed by atoms with Gasteiger partial charge in [-0.25, -0.2) is 14.3 Å². The van der Waals surface area contributed by atoms with E-state index < -0.39 is 11.7 Å². The van der Waals surface area contributed by atoms with Gasteiger partial charge in [-0.3, -0.25) is 9.59 Å². The highest BCUT2D eigenvalue weighted by Crippen LogP contribution is 2.20. The molecule has 3 rings (SSSR count). The van der Waals surface area contributed by atoms with Crippen molar-refractivity contribution in [3.05, 3.63) is 65.7 Å². The molecule has 1 aromatic heterocycles. The Morgan fingerprint density at radius 3 is 2.21 bits per heavy atom. The van der Waals surface area contributed by atoms with E-state index in [4.69, 9.17) is 4.74 Å². The molecule has 1 N–H and O–H groups in total. The molecule has 0 aliphatic heterocycles. The van der Waals surface area contributed by atoms with Gasteiger partial charge < -0.3 is 10.1 Å². The molecule has 0 fully saturated rings. The number of rotatable bonds is 3. The normalized spacial score (nSPS) is 11.3. The fourth-order valence-electron chi connectivity index (χ4n) is 2.67. The van der Waals surface area contributed by atoms with E-state index in [1.54, 1.807) is 64.2 Å². The zero-order chi connectivity index (χ0) is 20.5. The molecule has 7 heteroatoms. The molecule has 0 spiro atoms. The molecule has 0 bridgehead atoms. The number of hydrogen-bond acceptors (Lipinski definition) is 5. The maximum atomic E-state index is 12.7. The van der Waals surface area contributed by atoms with Crippen LogP contribution in [0.4, 0.5) is 4.79 Å². The van der Waals surface area contributed by atoms with Crippen LogP contribution in [-0.4, -0.2) is 40.0 Å². The van der Waals surface area contributed by atoms with E-state index >= 15 is 0 Å². The first kappa shape index (κ1) is 19.3. The number of carbonyl (C=O) groups excluding carboxylic acids is 3. The van der Waals surface area contributed by atoms with Crippen molar-refractivity contribution in [2.24, 2.45) is 0 Å². The van der Waals surface area contributed by atoms with Crippen LogP contribution in [0.15, 0.2) is 48.9 Å². The molecule has 144 valence electrons. The highest BCUT2D eigenvalue weighted by molar-refractivity contribution is 6.10. The summed E-state index contributed by atoms with van der Waals surface area (Å²) in [5.74, 6) is -0.477. The molecule has 28 heavy (non-hydrogen) atoms. The van der Waals surface area contributed by atoms with Crippen molar-refractivity contribution >= 4 is 28.6 Å². The van der Waals surface area contributed by atoms with Gasteiger partial charge in [0.2, 0.25) is 5.78 Å². The summed E-state index contributed by atoms with van der Waals surface area (Å²) < 4.78 is 6.41. The molecule has 3 aromatic rings. The number of nitrogens with zero attached hydrogens (tertiary/aromatic N) is 2. The summed E-state index contributed by atoms with van der Waals surface area (Å²) in [6.45, 7) is 5.29. The van der Waals surface area contributed by atoms with Gasteiger partial charge in [-0.2, -0.15) is 0 Å². The molecule has 0 aliphatic carbocycles. The number of amides is 1. The number of benzene rings is 2. The number of aromatic nitrogens is 2. The Morgan fingerprint density at radius 1 is 1.00 bits per heavy atom. The number of imidazole rings is 1. The second kappa shape index (κ2) is 7.26. The topological polar surface area (TPSA) is 90.3 Å². The van der Waals surface area contributed by atoms with E-state index in [0.29, 0.717) is 11.1 Å². The summed E-state index contributed by atoms with van der Waals surface area (Å²) in [4.78, 5) is 40.6. The van der Waals surface area contributed by atoms with Crippen LogP contribution in [0.5, 0.6) is 0 Å². The minimum atomic E-state index is -0.641. The first-order valence-corrected chi connectivity index (χ1v) is 8.76. The molecule has 1 amide bonds. The molecule has 0 saturated heterocycles. The van der Waals surface area contributed by atoms with Crippen LogP contribution in [0, 0.1) is 0 Å². The van der Waals surface area contributed by atoms with Crippen molar-refractivity contribution < 1.29 is 19.1 Å². The summed E-state index contributed by atoms with van der Waals surface area (Å²) in [7, 11) is 1.57.